The molecule has 0 aromatic carbocycles. The van der Waals surface area contributed by atoms with Gasteiger partial charge in [0.15, 0.2) is 11.5 Å². The van der Waals surface area contributed by atoms with Crippen LogP contribution in [0.4, 0.5) is 0 Å². The Morgan fingerprint density at radius 3 is 2.83 bits per heavy atom. The van der Waals surface area contributed by atoms with E-state index in [0.717, 1.165) is 0 Å². The van der Waals surface area contributed by atoms with Gasteiger partial charge in [-0.3, -0.25) is 4.79 Å². The van der Waals surface area contributed by atoms with Gasteiger partial charge in [0.05, 0.1) is 19.3 Å². The maximum Gasteiger partial charge on any atom is 0.232 e. The predicted molar refractivity (Wildman–Crippen MR) is 82.3 cm³/mol. The van der Waals surface area contributed by atoms with Gasteiger partial charge in [-0.05, 0) is 19.9 Å². The SMILES string of the molecule is CC(C)Oc1ccc2nnc(CCC(=O)N3CCOCC3)n2n1. The molecule has 0 bridgehead atoms. The van der Waals surface area contributed by atoms with Gasteiger partial charge in [-0.1, -0.05) is 0 Å². The lowest BCUT2D eigenvalue weighted by atomic mass is 10.2. The maximum absolute atomic E-state index is 12.2. The lowest BCUT2D eigenvalue weighted by molar-refractivity contribution is -0.135. The van der Waals surface area contributed by atoms with Crippen molar-refractivity contribution in [3.63, 3.8) is 0 Å². The van der Waals surface area contributed by atoms with Crippen molar-refractivity contribution in [2.24, 2.45) is 0 Å². The fourth-order valence-corrected chi connectivity index (χ4v) is 2.47. The minimum absolute atomic E-state index is 0.0442. The van der Waals surface area contributed by atoms with E-state index >= 15 is 0 Å². The summed E-state index contributed by atoms with van der Waals surface area (Å²) < 4.78 is 12.5. The standard InChI is InChI=1S/C15H21N5O3/c1-11(2)23-14-5-3-12-16-17-13(20(12)18-14)4-6-15(21)19-7-9-22-10-8-19/h3,5,11H,4,6-10H2,1-2H3. The van der Waals surface area contributed by atoms with Crippen LogP contribution in [0.1, 0.15) is 26.1 Å². The molecule has 0 unspecified atom stereocenters. The highest BCUT2D eigenvalue weighted by molar-refractivity contribution is 5.76. The second-order valence-corrected chi connectivity index (χ2v) is 5.72. The summed E-state index contributed by atoms with van der Waals surface area (Å²) in [6, 6.07) is 3.58. The Hall–Kier alpha value is -2.22. The Balaban J connectivity index is 1.68. The molecule has 0 atom stereocenters. The average molecular weight is 319 g/mol. The van der Waals surface area contributed by atoms with Crippen LogP contribution in [-0.2, 0) is 16.0 Å². The molecule has 1 saturated heterocycles. The number of nitrogens with zero attached hydrogens (tertiary/aromatic N) is 5. The van der Waals surface area contributed by atoms with Gasteiger partial charge in [0, 0.05) is 32.0 Å². The third-order valence-corrected chi connectivity index (χ3v) is 3.59. The molecule has 2 aromatic rings. The normalized spacial score (nSPS) is 15.3. The van der Waals surface area contributed by atoms with Crippen molar-refractivity contribution in [3.05, 3.63) is 18.0 Å². The Kier molecular flexibility index (Phi) is 4.71. The summed E-state index contributed by atoms with van der Waals surface area (Å²) in [5, 5.41) is 12.6. The van der Waals surface area contributed by atoms with Crippen LogP contribution in [-0.4, -0.2) is 63.0 Å². The molecule has 8 heteroatoms. The molecule has 3 heterocycles. The van der Waals surface area contributed by atoms with Crippen molar-refractivity contribution in [2.45, 2.75) is 32.8 Å². The second kappa shape index (κ2) is 6.91. The van der Waals surface area contributed by atoms with E-state index in [1.807, 2.05) is 24.8 Å². The van der Waals surface area contributed by atoms with Gasteiger partial charge in [0.25, 0.3) is 0 Å². The molecule has 0 radical (unpaired) electrons. The minimum Gasteiger partial charge on any atom is -0.474 e. The summed E-state index contributed by atoms with van der Waals surface area (Å²) in [7, 11) is 0. The predicted octanol–water partition coefficient (Wildman–Crippen LogP) is 0.703. The molecule has 2 aromatic heterocycles. The number of hydrogen-bond acceptors (Lipinski definition) is 6. The largest absolute Gasteiger partial charge is 0.474 e. The fraction of sp³-hybridized carbons (Fsp3) is 0.600. The van der Waals surface area contributed by atoms with Gasteiger partial charge in [-0.25, -0.2) is 0 Å². The van der Waals surface area contributed by atoms with Gasteiger partial charge in [0.1, 0.15) is 0 Å². The summed E-state index contributed by atoms with van der Waals surface area (Å²) in [5.41, 5.74) is 0.648. The van der Waals surface area contributed by atoms with Crippen molar-refractivity contribution in [1.29, 1.82) is 0 Å². The third-order valence-electron chi connectivity index (χ3n) is 3.59. The molecule has 23 heavy (non-hydrogen) atoms. The molecule has 124 valence electrons. The zero-order valence-corrected chi connectivity index (χ0v) is 13.4. The first kappa shape index (κ1) is 15.7. The molecule has 0 spiro atoms. The van der Waals surface area contributed by atoms with Crippen molar-refractivity contribution >= 4 is 11.6 Å². The van der Waals surface area contributed by atoms with Gasteiger partial charge in [-0.2, -0.15) is 4.52 Å². The van der Waals surface area contributed by atoms with Gasteiger partial charge >= 0.3 is 0 Å². The van der Waals surface area contributed by atoms with Crippen LogP contribution in [0.5, 0.6) is 5.88 Å². The van der Waals surface area contributed by atoms with Crippen LogP contribution in [0.25, 0.3) is 5.65 Å². The number of rotatable bonds is 5. The first-order chi connectivity index (χ1) is 11.1. The average Bonchev–Trinajstić information content (AvgIpc) is 2.95. The number of aryl methyl sites for hydroxylation is 1. The number of morpholine rings is 1. The molecule has 0 saturated carbocycles. The van der Waals surface area contributed by atoms with Crippen molar-refractivity contribution < 1.29 is 14.3 Å². The minimum atomic E-state index is 0.0442. The maximum atomic E-state index is 12.2. The molecule has 1 aliphatic rings. The summed E-state index contributed by atoms with van der Waals surface area (Å²) in [6.07, 6.45) is 0.926. The van der Waals surface area contributed by atoms with Crippen LogP contribution in [0.2, 0.25) is 0 Å². The van der Waals surface area contributed by atoms with E-state index in [1.165, 1.54) is 0 Å². The molecule has 0 aliphatic carbocycles. The highest BCUT2D eigenvalue weighted by Gasteiger charge is 2.18. The summed E-state index contributed by atoms with van der Waals surface area (Å²) in [5.74, 6) is 1.29. The van der Waals surface area contributed by atoms with Gasteiger partial charge in [-0.15, -0.1) is 15.3 Å². The number of carbonyl (C=O) groups is 1. The van der Waals surface area contributed by atoms with E-state index < -0.39 is 0 Å². The fourth-order valence-electron chi connectivity index (χ4n) is 2.47. The summed E-state index contributed by atoms with van der Waals surface area (Å²) in [4.78, 5) is 14.0. The van der Waals surface area contributed by atoms with Crippen LogP contribution in [0, 0.1) is 0 Å². The third kappa shape index (κ3) is 3.76. The van der Waals surface area contributed by atoms with Gasteiger partial charge in [0.2, 0.25) is 11.8 Å². The van der Waals surface area contributed by atoms with Crippen molar-refractivity contribution in [3.8, 4) is 5.88 Å². The number of aromatic nitrogens is 4. The Labute approximate surface area is 134 Å². The quantitative estimate of drug-likeness (QED) is 0.807. The van der Waals surface area contributed by atoms with E-state index in [9.17, 15) is 4.79 Å². The Bertz CT molecular complexity index is 679. The van der Waals surface area contributed by atoms with E-state index in [2.05, 4.69) is 15.3 Å². The molecular formula is C15H21N5O3. The monoisotopic (exact) mass is 319 g/mol. The molecule has 8 nitrogen and oxygen atoms in total. The van der Waals surface area contributed by atoms with Crippen molar-refractivity contribution in [1.82, 2.24) is 24.7 Å². The Morgan fingerprint density at radius 2 is 2.09 bits per heavy atom. The van der Waals surface area contributed by atoms with E-state index in [4.69, 9.17) is 9.47 Å². The first-order valence-corrected chi connectivity index (χ1v) is 7.87. The van der Waals surface area contributed by atoms with Crippen LogP contribution >= 0.6 is 0 Å². The molecule has 0 N–H and O–H groups in total. The lowest BCUT2D eigenvalue weighted by Gasteiger charge is -2.26. The molecule has 1 aliphatic heterocycles. The highest BCUT2D eigenvalue weighted by atomic mass is 16.5. The lowest BCUT2D eigenvalue weighted by Crippen LogP contribution is -2.40. The molecule has 1 fully saturated rings. The number of ether oxygens (including phenoxy) is 2. The topological polar surface area (TPSA) is 81.9 Å². The van der Waals surface area contributed by atoms with E-state index in [0.29, 0.717) is 56.5 Å². The summed E-state index contributed by atoms with van der Waals surface area (Å²) >= 11 is 0. The zero-order valence-electron chi connectivity index (χ0n) is 13.4. The summed E-state index contributed by atoms with van der Waals surface area (Å²) in [6.45, 7) is 6.42. The molecule has 3 rings (SSSR count). The van der Waals surface area contributed by atoms with Crippen LogP contribution < -0.4 is 4.74 Å². The van der Waals surface area contributed by atoms with Crippen LogP contribution in [0.3, 0.4) is 0 Å². The number of carbonyl (C=O) groups excluding carboxylic acids is 1. The van der Waals surface area contributed by atoms with Crippen molar-refractivity contribution in [2.75, 3.05) is 26.3 Å². The first-order valence-electron chi connectivity index (χ1n) is 7.87. The Morgan fingerprint density at radius 1 is 1.30 bits per heavy atom. The highest BCUT2D eigenvalue weighted by Crippen LogP contribution is 2.12. The number of fused-ring (bicyclic) bond motifs is 1. The van der Waals surface area contributed by atoms with E-state index in [1.54, 1.807) is 10.6 Å². The molecular weight excluding hydrogens is 298 g/mol. The van der Waals surface area contributed by atoms with Gasteiger partial charge < -0.3 is 14.4 Å². The number of hydrogen-bond donors (Lipinski definition) is 0. The molecule has 1 amide bonds. The van der Waals surface area contributed by atoms with E-state index in [-0.39, 0.29) is 12.0 Å². The smallest absolute Gasteiger partial charge is 0.232 e. The second-order valence-electron chi connectivity index (χ2n) is 5.72. The number of amides is 1. The zero-order chi connectivity index (χ0) is 16.2. The van der Waals surface area contributed by atoms with Crippen LogP contribution in [0.15, 0.2) is 12.1 Å².